The maximum Gasteiger partial charge on any atom is 0.258 e. The predicted molar refractivity (Wildman–Crippen MR) is 71.0 cm³/mol. The Hall–Kier alpha value is -1.20. The maximum absolute atomic E-state index is 5.92. The van der Waals surface area contributed by atoms with Crippen LogP contribution < -0.4 is 5.73 Å². The summed E-state index contributed by atoms with van der Waals surface area (Å²) in [4.78, 5) is 4.29. The monoisotopic (exact) mass is 269 g/mol. The Balaban J connectivity index is 2.24. The van der Waals surface area contributed by atoms with Gasteiger partial charge in [-0.1, -0.05) is 23.7 Å². The van der Waals surface area contributed by atoms with Crippen LogP contribution >= 0.6 is 23.4 Å². The maximum atomic E-state index is 5.92. The Bertz CT molecular complexity index is 495. The molecule has 6 heteroatoms. The van der Waals surface area contributed by atoms with Gasteiger partial charge in [-0.25, -0.2) is 0 Å². The van der Waals surface area contributed by atoms with Gasteiger partial charge >= 0.3 is 0 Å². The number of halogens is 1. The van der Waals surface area contributed by atoms with Crippen molar-refractivity contribution in [3.8, 4) is 11.5 Å². The van der Waals surface area contributed by atoms with E-state index in [2.05, 4.69) is 17.1 Å². The summed E-state index contributed by atoms with van der Waals surface area (Å²) in [7, 11) is 0. The Morgan fingerprint density at radius 1 is 1.41 bits per heavy atom. The zero-order valence-electron chi connectivity index (χ0n) is 9.31. The molecular formula is C11H12ClN3OS. The minimum absolute atomic E-state index is 0.450. The van der Waals surface area contributed by atoms with Crippen LogP contribution in [0.1, 0.15) is 12.7 Å². The standard InChI is InChI=1S/C11H12ClN3OS/c1-2-17-6-10-14-11(16-15-10)7-3-8(12)5-9(13)4-7/h3-5H,2,6,13H2,1H3. The fourth-order valence-electron chi connectivity index (χ4n) is 1.36. The van der Waals surface area contributed by atoms with Crippen molar-refractivity contribution in [2.24, 2.45) is 0 Å². The average Bonchev–Trinajstić information content (AvgIpc) is 2.73. The summed E-state index contributed by atoms with van der Waals surface area (Å²) in [5, 5.41) is 4.46. The Morgan fingerprint density at radius 2 is 2.24 bits per heavy atom. The summed E-state index contributed by atoms with van der Waals surface area (Å²) in [5.74, 6) is 2.90. The zero-order valence-corrected chi connectivity index (χ0v) is 10.9. The quantitative estimate of drug-likeness (QED) is 0.864. The van der Waals surface area contributed by atoms with Crippen molar-refractivity contribution in [3.05, 3.63) is 29.0 Å². The Kier molecular flexibility index (Phi) is 3.91. The molecular weight excluding hydrogens is 258 g/mol. The predicted octanol–water partition coefficient (Wildman–Crippen LogP) is 3.23. The zero-order chi connectivity index (χ0) is 12.3. The van der Waals surface area contributed by atoms with E-state index in [1.807, 2.05) is 0 Å². The molecule has 4 nitrogen and oxygen atoms in total. The molecule has 0 amide bonds. The molecule has 0 saturated heterocycles. The SMILES string of the molecule is CCSCc1noc(-c2cc(N)cc(Cl)c2)n1. The van der Waals surface area contributed by atoms with Crippen molar-refractivity contribution < 1.29 is 4.52 Å². The van der Waals surface area contributed by atoms with Gasteiger partial charge in [-0.2, -0.15) is 16.7 Å². The molecule has 0 spiro atoms. The van der Waals surface area contributed by atoms with Crippen LogP contribution in [-0.2, 0) is 5.75 Å². The molecule has 2 aromatic rings. The fraction of sp³-hybridized carbons (Fsp3) is 0.273. The smallest absolute Gasteiger partial charge is 0.258 e. The van der Waals surface area contributed by atoms with Crippen LogP contribution in [0.3, 0.4) is 0 Å². The summed E-state index contributed by atoms with van der Waals surface area (Å²) in [5.41, 5.74) is 7.03. The summed E-state index contributed by atoms with van der Waals surface area (Å²) in [6, 6.07) is 5.19. The van der Waals surface area contributed by atoms with E-state index in [0.29, 0.717) is 22.4 Å². The lowest BCUT2D eigenvalue weighted by molar-refractivity contribution is 0.425. The molecule has 0 aliphatic carbocycles. The van der Waals surface area contributed by atoms with Crippen LogP contribution in [0.5, 0.6) is 0 Å². The molecule has 0 unspecified atom stereocenters. The molecule has 0 aliphatic heterocycles. The molecule has 90 valence electrons. The first kappa shape index (κ1) is 12.3. The second kappa shape index (κ2) is 5.42. The van der Waals surface area contributed by atoms with E-state index in [9.17, 15) is 0 Å². The van der Waals surface area contributed by atoms with Gasteiger partial charge in [0.1, 0.15) is 0 Å². The van der Waals surface area contributed by atoms with Crippen LogP contribution in [-0.4, -0.2) is 15.9 Å². The molecule has 2 rings (SSSR count). The molecule has 0 fully saturated rings. The van der Waals surface area contributed by atoms with E-state index in [1.165, 1.54) is 0 Å². The summed E-state index contributed by atoms with van der Waals surface area (Å²) in [6.07, 6.45) is 0. The average molecular weight is 270 g/mol. The molecule has 17 heavy (non-hydrogen) atoms. The van der Waals surface area contributed by atoms with Crippen molar-refractivity contribution in [2.75, 3.05) is 11.5 Å². The Morgan fingerprint density at radius 3 is 2.94 bits per heavy atom. The highest BCUT2D eigenvalue weighted by molar-refractivity contribution is 7.98. The third-order valence-electron chi connectivity index (χ3n) is 2.07. The molecule has 2 N–H and O–H groups in total. The number of hydrogen-bond acceptors (Lipinski definition) is 5. The van der Waals surface area contributed by atoms with E-state index in [-0.39, 0.29) is 0 Å². The Labute approximate surface area is 109 Å². The van der Waals surface area contributed by atoms with E-state index < -0.39 is 0 Å². The lowest BCUT2D eigenvalue weighted by Gasteiger charge is -1.98. The number of rotatable bonds is 4. The van der Waals surface area contributed by atoms with Gasteiger partial charge < -0.3 is 10.3 Å². The highest BCUT2D eigenvalue weighted by Crippen LogP contribution is 2.25. The first-order chi connectivity index (χ1) is 8.19. The van der Waals surface area contributed by atoms with Crippen molar-refractivity contribution in [3.63, 3.8) is 0 Å². The van der Waals surface area contributed by atoms with Gasteiger partial charge in [-0.15, -0.1) is 0 Å². The van der Waals surface area contributed by atoms with Gasteiger partial charge in [-0.3, -0.25) is 0 Å². The van der Waals surface area contributed by atoms with Gasteiger partial charge in [0.05, 0.1) is 5.75 Å². The number of anilines is 1. The van der Waals surface area contributed by atoms with Crippen LogP contribution in [0, 0.1) is 0 Å². The third kappa shape index (κ3) is 3.14. The number of thioether (sulfide) groups is 1. The largest absolute Gasteiger partial charge is 0.399 e. The molecule has 0 saturated carbocycles. The number of hydrogen-bond donors (Lipinski definition) is 1. The number of nitrogen functional groups attached to an aromatic ring is 1. The molecule has 0 bridgehead atoms. The van der Waals surface area contributed by atoms with Gasteiger partial charge in [0, 0.05) is 16.3 Å². The number of nitrogens with zero attached hydrogens (tertiary/aromatic N) is 2. The van der Waals surface area contributed by atoms with Gasteiger partial charge in [0.2, 0.25) is 0 Å². The van der Waals surface area contributed by atoms with Crippen LogP contribution in [0.15, 0.2) is 22.7 Å². The van der Waals surface area contributed by atoms with Crippen molar-refractivity contribution in [2.45, 2.75) is 12.7 Å². The number of nitrogens with two attached hydrogens (primary N) is 1. The minimum atomic E-state index is 0.450. The molecule has 0 aliphatic rings. The normalized spacial score (nSPS) is 10.7. The van der Waals surface area contributed by atoms with E-state index in [1.54, 1.807) is 30.0 Å². The fourth-order valence-corrected chi connectivity index (χ4v) is 2.11. The molecule has 1 aromatic heterocycles. The number of benzene rings is 1. The summed E-state index contributed by atoms with van der Waals surface area (Å²) in [6.45, 7) is 2.09. The molecule has 0 atom stereocenters. The molecule has 1 aromatic carbocycles. The van der Waals surface area contributed by atoms with Crippen molar-refractivity contribution in [1.29, 1.82) is 0 Å². The lowest BCUT2D eigenvalue weighted by atomic mass is 10.2. The van der Waals surface area contributed by atoms with Crippen molar-refractivity contribution in [1.82, 2.24) is 10.1 Å². The van der Waals surface area contributed by atoms with Crippen LogP contribution in [0.25, 0.3) is 11.5 Å². The van der Waals surface area contributed by atoms with Gasteiger partial charge in [-0.05, 0) is 24.0 Å². The highest BCUT2D eigenvalue weighted by Gasteiger charge is 2.09. The topological polar surface area (TPSA) is 64.9 Å². The molecule has 0 radical (unpaired) electrons. The summed E-state index contributed by atoms with van der Waals surface area (Å²) >= 11 is 7.66. The first-order valence-electron chi connectivity index (χ1n) is 5.16. The second-order valence-corrected chi connectivity index (χ2v) is 5.14. The molecule has 1 heterocycles. The van der Waals surface area contributed by atoms with Crippen LogP contribution in [0.4, 0.5) is 5.69 Å². The lowest BCUT2D eigenvalue weighted by Crippen LogP contribution is -1.87. The van der Waals surface area contributed by atoms with Crippen molar-refractivity contribution >= 4 is 29.1 Å². The van der Waals surface area contributed by atoms with E-state index in [0.717, 1.165) is 17.1 Å². The van der Waals surface area contributed by atoms with Crippen LogP contribution in [0.2, 0.25) is 5.02 Å². The second-order valence-electron chi connectivity index (χ2n) is 3.43. The highest BCUT2D eigenvalue weighted by atomic mass is 35.5. The van der Waals surface area contributed by atoms with Gasteiger partial charge in [0.25, 0.3) is 5.89 Å². The van der Waals surface area contributed by atoms with E-state index in [4.69, 9.17) is 21.9 Å². The van der Waals surface area contributed by atoms with E-state index >= 15 is 0 Å². The first-order valence-corrected chi connectivity index (χ1v) is 6.69. The summed E-state index contributed by atoms with van der Waals surface area (Å²) < 4.78 is 5.17. The number of aromatic nitrogens is 2. The minimum Gasteiger partial charge on any atom is -0.399 e. The third-order valence-corrected chi connectivity index (χ3v) is 3.16. The van der Waals surface area contributed by atoms with Gasteiger partial charge in [0.15, 0.2) is 5.82 Å².